The fourth-order valence-electron chi connectivity index (χ4n) is 1.48. The van der Waals surface area contributed by atoms with Gasteiger partial charge < -0.3 is 5.11 Å². The van der Waals surface area contributed by atoms with Crippen molar-refractivity contribution in [3.05, 3.63) is 71.0 Å². The van der Waals surface area contributed by atoms with Gasteiger partial charge in [-0.25, -0.2) is 9.18 Å². The Morgan fingerprint density at radius 1 is 0.944 bits per heavy atom. The van der Waals surface area contributed by atoms with Crippen LogP contribution in [0.25, 0.3) is 0 Å². The number of carboxylic acids is 1. The molecule has 0 fully saturated rings. The molecule has 0 heterocycles. The smallest absolute Gasteiger partial charge is 0.336 e. The van der Waals surface area contributed by atoms with E-state index in [1.807, 2.05) is 0 Å². The molecule has 0 bridgehead atoms. The highest BCUT2D eigenvalue weighted by molar-refractivity contribution is 5.90. The highest BCUT2D eigenvalue weighted by Crippen LogP contribution is 2.09. The van der Waals surface area contributed by atoms with Gasteiger partial charge in [-0.15, -0.1) is 0 Å². The zero-order valence-electron chi connectivity index (χ0n) is 9.35. The van der Waals surface area contributed by atoms with Crippen LogP contribution in [-0.4, -0.2) is 11.1 Å². The Balaban J connectivity index is 2.42. The Bertz CT molecular complexity index is 651. The zero-order chi connectivity index (χ0) is 13.0. The molecule has 0 amide bonds. The van der Waals surface area contributed by atoms with Gasteiger partial charge in [0.25, 0.3) is 0 Å². The summed E-state index contributed by atoms with van der Waals surface area (Å²) in [4.78, 5) is 11.0. The molecule has 2 rings (SSSR count). The van der Waals surface area contributed by atoms with Gasteiger partial charge in [0.15, 0.2) is 0 Å². The largest absolute Gasteiger partial charge is 0.478 e. The first kappa shape index (κ1) is 11.9. The van der Waals surface area contributed by atoms with E-state index in [1.165, 1.54) is 12.1 Å². The highest BCUT2D eigenvalue weighted by atomic mass is 19.1. The molecule has 0 unspecified atom stereocenters. The van der Waals surface area contributed by atoms with Gasteiger partial charge in [-0.2, -0.15) is 0 Å². The van der Waals surface area contributed by atoms with E-state index in [2.05, 4.69) is 11.8 Å². The minimum absolute atomic E-state index is 0.112. The zero-order valence-corrected chi connectivity index (χ0v) is 9.35. The summed E-state index contributed by atoms with van der Waals surface area (Å²) in [6, 6.07) is 12.5. The molecule has 0 saturated heterocycles. The molecule has 2 nitrogen and oxygen atoms in total. The molecule has 2 aromatic rings. The molecule has 0 atom stereocenters. The monoisotopic (exact) mass is 240 g/mol. The topological polar surface area (TPSA) is 37.3 Å². The molecule has 1 N–H and O–H groups in total. The summed E-state index contributed by atoms with van der Waals surface area (Å²) in [6.07, 6.45) is 0. The van der Waals surface area contributed by atoms with Gasteiger partial charge in [-0.3, -0.25) is 0 Å². The number of aromatic carboxylic acids is 1. The SMILES string of the molecule is O=C(O)c1ccccc1C#Cc1ccccc1F. The third kappa shape index (κ3) is 2.55. The predicted octanol–water partition coefficient (Wildman–Crippen LogP) is 2.92. The van der Waals surface area contributed by atoms with E-state index < -0.39 is 11.8 Å². The molecular formula is C15H9FO2. The second-order valence-electron chi connectivity index (χ2n) is 3.58. The maximum absolute atomic E-state index is 13.3. The summed E-state index contributed by atoms with van der Waals surface area (Å²) < 4.78 is 13.3. The van der Waals surface area contributed by atoms with Crippen LogP contribution in [0.1, 0.15) is 21.5 Å². The fourth-order valence-corrected chi connectivity index (χ4v) is 1.48. The van der Waals surface area contributed by atoms with Crippen LogP contribution in [0.5, 0.6) is 0 Å². The lowest BCUT2D eigenvalue weighted by molar-refractivity contribution is 0.0696. The van der Waals surface area contributed by atoms with E-state index in [0.717, 1.165) is 0 Å². The summed E-state index contributed by atoms with van der Waals surface area (Å²) in [7, 11) is 0. The Labute approximate surface area is 104 Å². The molecule has 0 radical (unpaired) electrons. The summed E-state index contributed by atoms with van der Waals surface area (Å²) in [5.41, 5.74) is 0.729. The Morgan fingerprint density at radius 3 is 2.17 bits per heavy atom. The standard InChI is InChI=1S/C15H9FO2/c16-14-8-4-2-6-12(14)10-9-11-5-1-3-7-13(11)15(17)18/h1-8H,(H,17,18). The summed E-state index contributed by atoms with van der Waals surface area (Å²) in [5, 5.41) is 8.98. The predicted molar refractivity (Wildman–Crippen MR) is 65.8 cm³/mol. The van der Waals surface area contributed by atoms with Crippen LogP contribution in [0.2, 0.25) is 0 Å². The lowest BCUT2D eigenvalue weighted by Gasteiger charge is -1.97. The van der Waals surface area contributed by atoms with E-state index in [1.54, 1.807) is 36.4 Å². The number of hydrogen-bond acceptors (Lipinski definition) is 1. The van der Waals surface area contributed by atoms with E-state index in [-0.39, 0.29) is 11.1 Å². The molecule has 0 spiro atoms. The van der Waals surface area contributed by atoms with Gasteiger partial charge in [0.2, 0.25) is 0 Å². The van der Waals surface area contributed by atoms with Gasteiger partial charge in [0.1, 0.15) is 5.82 Å². The Kier molecular flexibility index (Phi) is 3.40. The van der Waals surface area contributed by atoms with Crippen molar-refractivity contribution < 1.29 is 14.3 Å². The highest BCUT2D eigenvalue weighted by Gasteiger charge is 2.06. The first-order valence-electron chi connectivity index (χ1n) is 5.27. The van der Waals surface area contributed by atoms with Crippen LogP contribution in [-0.2, 0) is 0 Å². The lowest BCUT2D eigenvalue weighted by Crippen LogP contribution is -1.99. The van der Waals surface area contributed by atoms with Crippen molar-refractivity contribution >= 4 is 5.97 Å². The molecule has 0 aliphatic rings. The van der Waals surface area contributed by atoms with Gasteiger partial charge in [0, 0.05) is 5.56 Å². The first-order chi connectivity index (χ1) is 8.68. The number of carboxylic acid groups (broad SMARTS) is 1. The van der Waals surface area contributed by atoms with Gasteiger partial charge in [0.05, 0.1) is 11.1 Å². The van der Waals surface area contributed by atoms with Crippen LogP contribution in [0.3, 0.4) is 0 Å². The third-order valence-corrected chi connectivity index (χ3v) is 2.36. The molecule has 2 aromatic carbocycles. The van der Waals surface area contributed by atoms with E-state index in [4.69, 9.17) is 5.11 Å². The first-order valence-corrected chi connectivity index (χ1v) is 5.27. The van der Waals surface area contributed by atoms with E-state index >= 15 is 0 Å². The Hall–Kier alpha value is -2.60. The molecule has 3 heteroatoms. The van der Waals surface area contributed by atoms with Crippen LogP contribution < -0.4 is 0 Å². The number of rotatable bonds is 1. The number of carbonyl (C=O) groups is 1. The fraction of sp³-hybridized carbons (Fsp3) is 0. The van der Waals surface area contributed by atoms with Crippen molar-refractivity contribution in [3.8, 4) is 11.8 Å². The van der Waals surface area contributed by atoms with E-state index in [9.17, 15) is 9.18 Å². The van der Waals surface area contributed by atoms with Crippen molar-refractivity contribution in [2.75, 3.05) is 0 Å². The van der Waals surface area contributed by atoms with Crippen LogP contribution in [0.15, 0.2) is 48.5 Å². The Morgan fingerprint density at radius 2 is 1.50 bits per heavy atom. The second kappa shape index (κ2) is 5.15. The van der Waals surface area contributed by atoms with Gasteiger partial charge in [-0.05, 0) is 24.3 Å². The number of benzene rings is 2. The van der Waals surface area contributed by atoms with Crippen molar-refractivity contribution in [1.82, 2.24) is 0 Å². The minimum atomic E-state index is -1.05. The average molecular weight is 240 g/mol. The quantitative estimate of drug-likeness (QED) is 0.778. The van der Waals surface area contributed by atoms with Crippen molar-refractivity contribution in [2.45, 2.75) is 0 Å². The van der Waals surface area contributed by atoms with Crippen molar-refractivity contribution in [3.63, 3.8) is 0 Å². The molecular weight excluding hydrogens is 231 g/mol. The average Bonchev–Trinajstić information content (AvgIpc) is 2.38. The maximum atomic E-state index is 13.3. The normalized spacial score (nSPS) is 9.39. The number of hydrogen-bond donors (Lipinski definition) is 1. The molecule has 88 valence electrons. The van der Waals surface area contributed by atoms with Gasteiger partial charge >= 0.3 is 5.97 Å². The molecule has 18 heavy (non-hydrogen) atoms. The summed E-state index contributed by atoms with van der Waals surface area (Å²) >= 11 is 0. The van der Waals surface area contributed by atoms with Gasteiger partial charge in [-0.1, -0.05) is 36.1 Å². The summed E-state index contributed by atoms with van der Waals surface area (Å²) in [6.45, 7) is 0. The molecule has 0 saturated carbocycles. The van der Waals surface area contributed by atoms with E-state index in [0.29, 0.717) is 5.56 Å². The van der Waals surface area contributed by atoms with Crippen LogP contribution >= 0.6 is 0 Å². The second-order valence-corrected chi connectivity index (χ2v) is 3.58. The maximum Gasteiger partial charge on any atom is 0.336 e. The molecule has 0 aliphatic heterocycles. The van der Waals surface area contributed by atoms with Crippen LogP contribution in [0, 0.1) is 17.7 Å². The van der Waals surface area contributed by atoms with Crippen molar-refractivity contribution in [2.24, 2.45) is 0 Å². The lowest BCUT2D eigenvalue weighted by atomic mass is 10.1. The van der Waals surface area contributed by atoms with Crippen molar-refractivity contribution in [1.29, 1.82) is 0 Å². The van der Waals surface area contributed by atoms with Crippen LogP contribution in [0.4, 0.5) is 4.39 Å². The summed E-state index contributed by atoms with van der Waals surface area (Å²) in [5.74, 6) is 3.85. The molecule has 0 aromatic heterocycles. The molecule has 0 aliphatic carbocycles. The number of halogens is 1. The third-order valence-electron chi connectivity index (χ3n) is 2.36. The minimum Gasteiger partial charge on any atom is -0.478 e.